The first-order valence-electron chi connectivity index (χ1n) is 4.87. The summed E-state index contributed by atoms with van der Waals surface area (Å²) in [6.45, 7) is 0. The molecule has 0 saturated carbocycles. The Morgan fingerprint density at radius 2 is 1.44 bits per heavy atom. The third-order valence-electron chi connectivity index (χ3n) is 2.36. The van der Waals surface area contributed by atoms with Gasteiger partial charge in [0, 0.05) is 0 Å². The van der Waals surface area contributed by atoms with Gasteiger partial charge >= 0.3 is 6.18 Å². The van der Waals surface area contributed by atoms with Crippen LogP contribution in [0.4, 0.5) is 22.0 Å². The summed E-state index contributed by atoms with van der Waals surface area (Å²) in [5.74, 6) is -2.27. The Bertz CT molecular complexity index is 557. The molecule has 18 heavy (non-hydrogen) atoms. The highest BCUT2D eigenvalue weighted by atomic mass is 19.4. The molecule has 0 radical (unpaired) electrons. The molecule has 94 valence electrons. The van der Waals surface area contributed by atoms with E-state index in [0.717, 1.165) is 18.2 Å². The monoisotopic (exact) mass is 259 g/mol. The minimum atomic E-state index is -4.68. The Morgan fingerprint density at radius 3 is 2.00 bits per heavy atom. The first kappa shape index (κ1) is 12.5. The second-order valence-corrected chi connectivity index (χ2v) is 3.52. The molecule has 0 aliphatic heterocycles. The normalized spacial score (nSPS) is 11.6. The van der Waals surface area contributed by atoms with Crippen LogP contribution in [0.1, 0.15) is 5.56 Å². The van der Waals surface area contributed by atoms with E-state index in [0.29, 0.717) is 12.4 Å². The van der Waals surface area contributed by atoms with Crippen molar-refractivity contribution < 1.29 is 22.0 Å². The van der Waals surface area contributed by atoms with Crippen LogP contribution in [-0.4, -0.2) is 4.98 Å². The van der Waals surface area contributed by atoms with Gasteiger partial charge < -0.3 is 0 Å². The Balaban J connectivity index is 2.73. The summed E-state index contributed by atoms with van der Waals surface area (Å²) in [7, 11) is 0. The van der Waals surface area contributed by atoms with Crippen LogP contribution in [-0.2, 0) is 6.18 Å². The molecule has 1 nitrogen and oxygen atoms in total. The summed E-state index contributed by atoms with van der Waals surface area (Å²) in [5.41, 5.74) is -2.35. The molecular formula is C12H6F5N. The van der Waals surface area contributed by atoms with Gasteiger partial charge in [0.1, 0.15) is 0 Å². The Hall–Kier alpha value is -1.98. The standard InChI is InChI=1S/C12H6F5N/c13-9-5-18-6-10(14)11(9)7-3-1-2-4-8(7)12(15,16)17/h1-6H. The molecule has 0 N–H and O–H groups in total. The number of aromatic nitrogens is 1. The number of benzene rings is 1. The highest BCUT2D eigenvalue weighted by Gasteiger charge is 2.34. The molecule has 0 aliphatic carbocycles. The Morgan fingerprint density at radius 1 is 0.889 bits per heavy atom. The predicted octanol–water partition coefficient (Wildman–Crippen LogP) is 4.05. The average molecular weight is 259 g/mol. The van der Waals surface area contributed by atoms with Gasteiger partial charge in [-0.2, -0.15) is 13.2 Å². The van der Waals surface area contributed by atoms with Crippen LogP contribution in [0, 0.1) is 11.6 Å². The fraction of sp³-hybridized carbons (Fsp3) is 0.0833. The quantitative estimate of drug-likeness (QED) is 0.704. The van der Waals surface area contributed by atoms with Crippen molar-refractivity contribution in [3.8, 4) is 11.1 Å². The van der Waals surface area contributed by atoms with E-state index in [1.165, 1.54) is 6.07 Å². The van der Waals surface area contributed by atoms with Crippen LogP contribution in [0.5, 0.6) is 0 Å². The lowest BCUT2D eigenvalue weighted by Crippen LogP contribution is -2.08. The molecule has 2 rings (SSSR count). The summed E-state index contributed by atoms with van der Waals surface area (Å²) in [6.07, 6.45) is -3.34. The molecule has 0 amide bonds. The van der Waals surface area contributed by atoms with Crippen LogP contribution in [0.2, 0.25) is 0 Å². The molecule has 0 saturated heterocycles. The highest BCUT2D eigenvalue weighted by Crippen LogP contribution is 2.38. The van der Waals surface area contributed by atoms with E-state index < -0.39 is 34.5 Å². The van der Waals surface area contributed by atoms with E-state index in [1.807, 2.05) is 0 Å². The van der Waals surface area contributed by atoms with Crippen LogP contribution >= 0.6 is 0 Å². The zero-order chi connectivity index (χ0) is 13.3. The largest absolute Gasteiger partial charge is 0.417 e. The maximum Gasteiger partial charge on any atom is 0.417 e. The summed E-state index contributed by atoms with van der Waals surface area (Å²) in [5, 5.41) is 0. The van der Waals surface area contributed by atoms with Crippen molar-refractivity contribution in [1.29, 1.82) is 0 Å². The van der Waals surface area contributed by atoms with Crippen molar-refractivity contribution in [3.05, 3.63) is 53.9 Å². The maximum absolute atomic E-state index is 13.4. The molecule has 0 unspecified atom stereocenters. The van der Waals surface area contributed by atoms with E-state index in [-0.39, 0.29) is 0 Å². The number of hydrogen-bond donors (Lipinski definition) is 0. The lowest BCUT2D eigenvalue weighted by atomic mass is 9.99. The van der Waals surface area contributed by atoms with E-state index in [9.17, 15) is 22.0 Å². The molecular weight excluding hydrogens is 253 g/mol. The number of nitrogens with zero attached hydrogens (tertiary/aromatic N) is 1. The van der Waals surface area contributed by atoms with Gasteiger partial charge in [-0.15, -0.1) is 0 Å². The van der Waals surface area contributed by atoms with Crippen molar-refractivity contribution in [2.24, 2.45) is 0 Å². The highest BCUT2D eigenvalue weighted by molar-refractivity contribution is 5.68. The van der Waals surface area contributed by atoms with Gasteiger partial charge in [-0.3, -0.25) is 4.98 Å². The average Bonchev–Trinajstić information content (AvgIpc) is 2.28. The third-order valence-corrected chi connectivity index (χ3v) is 2.36. The summed E-state index contributed by atoms with van der Waals surface area (Å²) in [6, 6.07) is 4.23. The van der Waals surface area contributed by atoms with Gasteiger partial charge in [-0.25, -0.2) is 8.78 Å². The third kappa shape index (κ3) is 2.18. The van der Waals surface area contributed by atoms with Crippen LogP contribution in [0.25, 0.3) is 11.1 Å². The first-order chi connectivity index (χ1) is 8.41. The van der Waals surface area contributed by atoms with Crippen molar-refractivity contribution >= 4 is 0 Å². The molecule has 0 bridgehead atoms. The van der Waals surface area contributed by atoms with Crippen LogP contribution in [0.3, 0.4) is 0 Å². The summed E-state index contributed by atoms with van der Waals surface area (Å²) >= 11 is 0. The van der Waals surface area contributed by atoms with Gasteiger partial charge in [0.25, 0.3) is 0 Å². The van der Waals surface area contributed by atoms with Gasteiger partial charge in [0.05, 0.1) is 23.5 Å². The summed E-state index contributed by atoms with van der Waals surface area (Å²) < 4.78 is 65.1. The second-order valence-electron chi connectivity index (χ2n) is 3.52. The van der Waals surface area contributed by atoms with Crippen LogP contribution < -0.4 is 0 Å². The zero-order valence-corrected chi connectivity index (χ0v) is 8.80. The lowest BCUT2D eigenvalue weighted by molar-refractivity contribution is -0.137. The number of alkyl halides is 3. The topological polar surface area (TPSA) is 12.9 Å². The first-order valence-corrected chi connectivity index (χ1v) is 4.87. The Labute approximate surface area is 98.9 Å². The predicted molar refractivity (Wildman–Crippen MR) is 54.6 cm³/mol. The molecule has 0 aliphatic rings. The molecule has 2 aromatic rings. The van der Waals surface area contributed by atoms with E-state index in [1.54, 1.807) is 0 Å². The Kier molecular flexibility index (Phi) is 3.02. The van der Waals surface area contributed by atoms with Crippen molar-refractivity contribution in [2.75, 3.05) is 0 Å². The smallest absolute Gasteiger partial charge is 0.259 e. The van der Waals surface area contributed by atoms with Gasteiger partial charge in [-0.05, 0) is 11.6 Å². The van der Waals surface area contributed by atoms with E-state index >= 15 is 0 Å². The maximum atomic E-state index is 13.4. The van der Waals surface area contributed by atoms with Crippen molar-refractivity contribution in [3.63, 3.8) is 0 Å². The van der Waals surface area contributed by atoms with Crippen molar-refractivity contribution in [1.82, 2.24) is 4.98 Å². The second kappa shape index (κ2) is 4.36. The van der Waals surface area contributed by atoms with Gasteiger partial charge in [-0.1, -0.05) is 18.2 Å². The number of halogens is 5. The number of pyridine rings is 1. The zero-order valence-electron chi connectivity index (χ0n) is 8.80. The SMILES string of the molecule is Fc1cncc(F)c1-c1ccccc1C(F)(F)F. The van der Waals surface area contributed by atoms with E-state index in [2.05, 4.69) is 4.98 Å². The van der Waals surface area contributed by atoms with Gasteiger partial charge in [0.2, 0.25) is 0 Å². The summed E-state index contributed by atoms with van der Waals surface area (Å²) in [4.78, 5) is 3.23. The molecule has 6 heteroatoms. The molecule has 0 spiro atoms. The van der Waals surface area contributed by atoms with E-state index in [4.69, 9.17) is 0 Å². The van der Waals surface area contributed by atoms with Gasteiger partial charge in [0.15, 0.2) is 11.6 Å². The minimum absolute atomic E-state index is 0.539. The fourth-order valence-corrected chi connectivity index (χ4v) is 1.62. The molecule has 1 heterocycles. The molecule has 0 fully saturated rings. The molecule has 1 aromatic heterocycles. The van der Waals surface area contributed by atoms with Crippen molar-refractivity contribution in [2.45, 2.75) is 6.18 Å². The molecule has 0 atom stereocenters. The molecule has 1 aromatic carbocycles. The minimum Gasteiger partial charge on any atom is -0.259 e. The number of rotatable bonds is 1. The number of hydrogen-bond acceptors (Lipinski definition) is 1. The fourth-order valence-electron chi connectivity index (χ4n) is 1.62. The van der Waals surface area contributed by atoms with Crippen LogP contribution in [0.15, 0.2) is 36.7 Å². The lowest BCUT2D eigenvalue weighted by Gasteiger charge is -2.13.